The van der Waals surface area contributed by atoms with E-state index in [4.69, 9.17) is 16.3 Å². The van der Waals surface area contributed by atoms with E-state index in [9.17, 15) is 4.79 Å². The predicted molar refractivity (Wildman–Crippen MR) is 72.4 cm³/mol. The Bertz CT molecular complexity index is 451. The minimum atomic E-state index is -0.0998. The molecule has 1 aromatic rings. The fourth-order valence-electron chi connectivity index (χ4n) is 2.18. The summed E-state index contributed by atoms with van der Waals surface area (Å²) in [6.45, 7) is 3.47. The Balaban J connectivity index is 2.24. The van der Waals surface area contributed by atoms with E-state index in [0.29, 0.717) is 17.3 Å². The van der Waals surface area contributed by atoms with Crippen LogP contribution in [0.1, 0.15) is 13.3 Å². The summed E-state index contributed by atoms with van der Waals surface area (Å²) in [5, 5.41) is 3.75. The molecule has 1 unspecified atom stereocenters. The molecule has 0 bridgehead atoms. The standard InChI is InChI=1S/C13H17ClN2O2/c1-3-15-11-6-7-16(13(11)17)12-8-9(18-2)4-5-10(12)14/h4-5,8,11,15H,3,6-7H2,1-2H3. The average molecular weight is 269 g/mol. The average Bonchev–Trinajstić information content (AvgIpc) is 2.73. The Morgan fingerprint density at radius 2 is 2.33 bits per heavy atom. The van der Waals surface area contributed by atoms with E-state index in [0.717, 1.165) is 18.7 Å². The molecule has 4 nitrogen and oxygen atoms in total. The molecule has 1 heterocycles. The molecule has 1 fully saturated rings. The van der Waals surface area contributed by atoms with Crippen LogP contribution in [0.3, 0.4) is 0 Å². The first-order valence-corrected chi connectivity index (χ1v) is 6.43. The lowest BCUT2D eigenvalue weighted by atomic mass is 10.2. The Kier molecular flexibility index (Phi) is 4.09. The molecule has 1 aliphatic heterocycles. The van der Waals surface area contributed by atoms with Crippen LogP contribution in [0.2, 0.25) is 5.02 Å². The zero-order chi connectivity index (χ0) is 13.1. The van der Waals surface area contributed by atoms with Gasteiger partial charge in [-0.25, -0.2) is 0 Å². The molecule has 1 amide bonds. The van der Waals surface area contributed by atoms with E-state index in [1.807, 2.05) is 6.92 Å². The molecule has 18 heavy (non-hydrogen) atoms. The third kappa shape index (κ3) is 2.44. The highest BCUT2D eigenvalue weighted by Crippen LogP contribution is 2.32. The van der Waals surface area contributed by atoms with Gasteiger partial charge in [0.2, 0.25) is 5.91 Å². The first-order chi connectivity index (χ1) is 8.67. The lowest BCUT2D eigenvalue weighted by Gasteiger charge is -2.19. The third-order valence-electron chi connectivity index (χ3n) is 3.10. The number of rotatable bonds is 4. The predicted octanol–water partition coefficient (Wildman–Crippen LogP) is 2.06. The maximum absolute atomic E-state index is 12.2. The number of nitrogens with one attached hydrogen (secondary N) is 1. The summed E-state index contributed by atoms with van der Waals surface area (Å²) in [5.41, 5.74) is 0.724. The van der Waals surface area contributed by atoms with Crippen molar-refractivity contribution in [3.8, 4) is 5.75 Å². The zero-order valence-electron chi connectivity index (χ0n) is 10.6. The quantitative estimate of drug-likeness (QED) is 0.909. The molecule has 0 aromatic heterocycles. The van der Waals surface area contributed by atoms with Crippen LogP contribution in [0.5, 0.6) is 5.75 Å². The summed E-state index contributed by atoms with van der Waals surface area (Å²) >= 11 is 6.15. The largest absolute Gasteiger partial charge is 0.497 e. The van der Waals surface area contributed by atoms with Gasteiger partial charge in [0.15, 0.2) is 0 Å². The first-order valence-electron chi connectivity index (χ1n) is 6.05. The molecule has 5 heteroatoms. The van der Waals surface area contributed by atoms with Crippen molar-refractivity contribution in [2.45, 2.75) is 19.4 Å². The minimum Gasteiger partial charge on any atom is -0.497 e. The van der Waals surface area contributed by atoms with Gasteiger partial charge in [-0.1, -0.05) is 18.5 Å². The van der Waals surface area contributed by atoms with Crippen molar-refractivity contribution in [2.75, 3.05) is 25.1 Å². The van der Waals surface area contributed by atoms with Gasteiger partial charge < -0.3 is 15.0 Å². The molecule has 2 rings (SSSR count). The molecule has 1 atom stereocenters. The zero-order valence-corrected chi connectivity index (χ0v) is 11.3. The topological polar surface area (TPSA) is 41.6 Å². The fourth-order valence-corrected chi connectivity index (χ4v) is 2.40. The number of methoxy groups -OCH3 is 1. The summed E-state index contributed by atoms with van der Waals surface area (Å²) < 4.78 is 5.17. The number of hydrogen-bond donors (Lipinski definition) is 1. The molecule has 1 saturated heterocycles. The second kappa shape index (κ2) is 5.59. The van der Waals surface area contributed by atoms with E-state index in [-0.39, 0.29) is 11.9 Å². The number of ether oxygens (including phenoxy) is 1. The van der Waals surface area contributed by atoms with Gasteiger partial charge >= 0.3 is 0 Å². The molecule has 1 aromatic carbocycles. The van der Waals surface area contributed by atoms with Crippen molar-refractivity contribution in [3.63, 3.8) is 0 Å². The van der Waals surface area contributed by atoms with Gasteiger partial charge in [0.05, 0.1) is 23.9 Å². The van der Waals surface area contributed by atoms with Crippen molar-refractivity contribution in [1.29, 1.82) is 0 Å². The molecule has 98 valence electrons. The monoisotopic (exact) mass is 268 g/mol. The van der Waals surface area contributed by atoms with Crippen LogP contribution >= 0.6 is 11.6 Å². The van der Waals surface area contributed by atoms with Gasteiger partial charge in [-0.3, -0.25) is 4.79 Å². The number of carbonyl (C=O) groups is 1. The van der Waals surface area contributed by atoms with Crippen LogP contribution in [0.4, 0.5) is 5.69 Å². The van der Waals surface area contributed by atoms with Gasteiger partial charge in [0, 0.05) is 12.6 Å². The second-order valence-electron chi connectivity index (χ2n) is 4.21. The number of nitrogens with zero attached hydrogens (tertiary/aromatic N) is 1. The Morgan fingerprint density at radius 3 is 3.00 bits per heavy atom. The van der Waals surface area contributed by atoms with Crippen LogP contribution in [-0.2, 0) is 4.79 Å². The Morgan fingerprint density at radius 1 is 1.56 bits per heavy atom. The van der Waals surface area contributed by atoms with Crippen molar-refractivity contribution in [1.82, 2.24) is 5.32 Å². The minimum absolute atomic E-state index is 0.0759. The Hall–Kier alpha value is -1.26. The SMILES string of the molecule is CCNC1CCN(c2cc(OC)ccc2Cl)C1=O. The van der Waals surface area contributed by atoms with Gasteiger partial charge in [-0.2, -0.15) is 0 Å². The van der Waals surface area contributed by atoms with Crippen LogP contribution in [0.15, 0.2) is 18.2 Å². The summed E-state index contributed by atoms with van der Waals surface area (Å²) in [5.74, 6) is 0.779. The normalized spacial score (nSPS) is 19.4. The first kappa shape index (κ1) is 13.2. The summed E-state index contributed by atoms with van der Waals surface area (Å²) in [4.78, 5) is 13.9. The maximum Gasteiger partial charge on any atom is 0.244 e. The highest BCUT2D eigenvalue weighted by Gasteiger charge is 2.32. The van der Waals surface area contributed by atoms with E-state index in [2.05, 4.69) is 5.32 Å². The van der Waals surface area contributed by atoms with Crippen molar-refractivity contribution in [2.24, 2.45) is 0 Å². The van der Waals surface area contributed by atoms with Gasteiger partial charge in [0.1, 0.15) is 5.75 Å². The molecule has 1 aliphatic rings. The fraction of sp³-hybridized carbons (Fsp3) is 0.462. The van der Waals surface area contributed by atoms with Gasteiger partial charge in [-0.15, -0.1) is 0 Å². The number of anilines is 1. The van der Waals surface area contributed by atoms with Crippen molar-refractivity contribution < 1.29 is 9.53 Å². The van der Waals surface area contributed by atoms with Crippen LogP contribution in [0.25, 0.3) is 0 Å². The Labute approximate surface area is 112 Å². The van der Waals surface area contributed by atoms with E-state index >= 15 is 0 Å². The lowest BCUT2D eigenvalue weighted by Crippen LogP contribution is -2.38. The van der Waals surface area contributed by atoms with Crippen LogP contribution in [0, 0.1) is 0 Å². The lowest BCUT2D eigenvalue weighted by molar-refractivity contribution is -0.118. The molecular weight excluding hydrogens is 252 g/mol. The summed E-state index contributed by atoms with van der Waals surface area (Å²) in [6.07, 6.45) is 0.806. The highest BCUT2D eigenvalue weighted by atomic mass is 35.5. The number of carbonyl (C=O) groups excluding carboxylic acids is 1. The molecule has 1 N–H and O–H groups in total. The van der Waals surface area contributed by atoms with Gasteiger partial charge in [-0.05, 0) is 25.1 Å². The smallest absolute Gasteiger partial charge is 0.244 e. The number of benzene rings is 1. The molecule has 0 aliphatic carbocycles. The summed E-state index contributed by atoms with van der Waals surface area (Å²) in [7, 11) is 1.60. The maximum atomic E-state index is 12.2. The van der Waals surface area contributed by atoms with E-state index in [1.165, 1.54) is 0 Å². The highest BCUT2D eigenvalue weighted by molar-refractivity contribution is 6.34. The number of hydrogen-bond acceptors (Lipinski definition) is 3. The van der Waals surface area contributed by atoms with Crippen LogP contribution in [-0.4, -0.2) is 32.1 Å². The van der Waals surface area contributed by atoms with Crippen molar-refractivity contribution in [3.05, 3.63) is 23.2 Å². The summed E-state index contributed by atoms with van der Waals surface area (Å²) in [6, 6.07) is 5.24. The van der Waals surface area contributed by atoms with E-state index < -0.39 is 0 Å². The van der Waals surface area contributed by atoms with E-state index in [1.54, 1.807) is 30.2 Å². The number of likely N-dealkylation sites (N-methyl/N-ethyl adjacent to an activating group) is 1. The van der Waals surface area contributed by atoms with Gasteiger partial charge in [0.25, 0.3) is 0 Å². The molecular formula is C13H17ClN2O2. The molecule has 0 spiro atoms. The molecule has 0 saturated carbocycles. The second-order valence-corrected chi connectivity index (χ2v) is 4.61. The number of amides is 1. The van der Waals surface area contributed by atoms with Crippen LogP contribution < -0.4 is 15.0 Å². The number of halogens is 1. The van der Waals surface area contributed by atoms with Crippen molar-refractivity contribution >= 4 is 23.2 Å². The molecule has 0 radical (unpaired) electrons. The third-order valence-corrected chi connectivity index (χ3v) is 3.42.